The average Bonchev–Trinajstić information content (AvgIpc) is 2.82. The summed E-state index contributed by atoms with van der Waals surface area (Å²) in [7, 11) is -0.884. The second-order valence-corrected chi connectivity index (χ2v) is 9.16. The lowest BCUT2D eigenvalue weighted by Gasteiger charge is -2.26. The predicted molar refractivity (Wildman–Crippen MR) is 125 cm³/mol. The van der Waals surface area contributed by atoms with Crippen molar-refractivity contribution in [1.29, 1.82) is 0 Å². The SMILES string of the molecule is CNC(=O)c1ccc(-c2cccc(C(C)N(C)C(=O)c3cc(S(N)(=O)=O)ccc3O)c2)cc1. The number of phenolic OH excluding ortho intramolecular Hbond substituents is 1. The molecule has 1 atom stereocenters. The molecule has 3 aromatic carbocycles. The van der Waals surface area contributed by atoms with E-state index in [-0.39, 0.29) is 28.2 Å². The van der Waals surface area contributed by atoms with Gasteiger partial charge in [0, 0.05) is 19.7 Å². The number of nitrogens with zero attached hydrogens (tertiary/aromatic N) is 1. The molecule has 0 fully saturated rings. The first kappa shape index (κ1) is 24.0. The molecule has 4 N–H and O–H groups in total. The quantitative estimate of drug-likeness (QED) is 0.513. The number of phenols is 1. The standard InChI is InChI=1S/C24H25N3O5S/c1-15(27(3)24(30)21-14-20(33(25,31)32)11-12-22(21)28)18-5-4-6-19(13-18)16-7-9-17(10-8-16)23(29)26-2/h4-15,28H,1-3H3,(H,26,29)(H2,25,31,32). The molecule has 0 saturated heterocycles. The lowest BCUT2D eigenvalue weighted by Crippen LogP contribution is -2.30. The molecule has 8 nitrogen and oxygen atoms in total. The van der Waals surface area contributed by atoms with Gasteiger partial charge in [-0.1, -0.05) is 30.3 Å². The second-order valence-electron chi connectivity index (χ2n) is 7.60. The van der Waals surface area contributed by atoms with E-state index in [1.54, 1.807) is 26.2 Å². The zero-order chi connectivity index (χ0) is 24.3. The van der Waals surface area contributed by atoms with Crippen molar-refractivity contribution in [3.8, 4) is 16.9 Å². The van der Waals surface area contributed by atoms with Crippen molar-refractivity contribution < 1.29 is 23.1 Å². The summed E-state index contributed by atoms with van der Waals surface area (Å²) in [6.07, 6.45) is 0. The van der Waals surface area contributed by atoms with Crippen molar-refractivity contribution in [2.24, 2.45) is 5.14 Å². The summed E-state index contributed by atoms with van der Waals surface area (Å²) in [5.41, 5.74) is 3.04. The van der Waals surface area contributed by atoms with E-state index in [1.807, 2.05) is 43.3 Å². The molecule has 0 aliphatic carbocycles. The highest BCUT2D eigenvalue weighted by Gasteiger charge is 2.23. The van der Waals surface area contributed by atoms with Crippen molar-refractivity contribution >= 4 is 21.8 Å². The number of rotatable bonds is 6. The van der Waals surface area contributed by atoms with Gasteiger partial charge in [0.15, 0.2) is 0 Å². The van der Waals surface area contributed by atoms with Crippen LogP contribution >= 0.6 is 0 Å². The fourth-order valence-corrected chi connectivity index (χ4v) is 3.93. The molecule has 0 heterocycles. The van der Waals surface area contributed by atoms with Crippen LogP contribution in [0.3, 0.4) is 0 Å². The molecular formula is C24H25N3O5S. The van der Waals surface area contributed by atoms with E-state index in [4.69, 9.17) is 5.14 Å². The highest BCUT2D eigenvalue weighted by molar-refractivity contribution is 7.89. The highest BCUT2D eigenvalue weighted by Crippen LogP contribution is 2.29. The number of aromatic hydroxyl groups is 1. The van der Waals surface area contributed by atoms with Gasteiger partial charge >= 0.3 is 0 Å². The van der Waals surface area contributed by atoms with Gasteiger partial charge < -0.3 is 15.3 Å². The van der Waals surface area contributed by atoms with Gasteiger partial charge in [-0.3, -0.25) is 9.59 Å². The highest BCUT2D eigenvalue weighted by atomic mass is 32.2. The molecule has 1 unspecified atom stereocenters. The molecule has 2 amide bonds. The van der Waals surface area contributed by atoms with E-state index in [9.17, 15) is 23.1 Å². The minimum absolute atomic E-state index is 0.156. The number of sulfonamides is 1. The van der Waals surface area contributed by atoms with E-state index in [0.29, 0.717) is 5.56 Å². The largest absolute Gasteiger partial charge is 0.507 e. The zero-order valence-corrected chi connectivity index (χ0v) is 19.3. The summed E-state index contributed by atoms with van der Waals surface area (Å²) in [4.78, 5) is 25.9. The average molecular weight is 468 g/mol. The lowest BCUT2D eigenvalue weighted by atomic mass is 9.98. The third kappa shape index (κ3) is 5.21. The number of hydrogen-bond donors (Lipinski definition) is 3. The molecule has 0 aromatic heterocycles. The van der Waals surface area contributed by atoms with Crippen LogP contribution in [0.25, 0.3) is 11.1 Å². The van der Waals surface area contributed by atoms with Crippen molar-refractivity contribution in [1.82, 2.24) is 10.2 Å². The Bertz CT molecular complexity index is 1300. The van der Waals surface area contributed by atoms with E-state index >= 15 is 0 Å². The summed E-state index contributed by atoms with van der Waals surface area (Å²) in [5, 5.41) is 17.9. The van der Waals surface area contributed by atoms with Gasteiger partial charge in [0.25, 0.3) is 11.8 Å². The van der Waals surface area contributed by atoms with Gasteiger partial charge in [-0.05, 0) is 60.0 Å². The Hall–Kier alpha value is -3.69. The molecule has 3 rings (SSSR count). The second kappa shape index (κ2) is 9.43. The third-order valence-corrected chi connectivity index (χ3v) is 6.42. The maximum atomic E-state index is 13.0. The van der Waals surface area contributed by atoms with Gasteiger partial charge in [-0.15, -0.1) is 0 Å². The molecule has 0 bridgehead atoms. The van der Waals surface area contributed by atoms with Crippen molar-refractivity contribution in [3.05, 3.63) is 83.4 Å². The third-order valence-electron chi connectivity index (χ3n) is 5.50. The molecular weight excluding hydrogens is 442 g/mol. The number of carbonyl (C=O) groups is 2. The van der Waals surface area contributed by atoms with Crippen LogP contribution in [0.4, 0.5) is 0 Å². The Morgan fingerprint density at radius 2 is 1.67 bits per heavy atom. The molecule has 0 aliphatic rings. The molecule has 9 heteroatoms. The molecule has 3 aromatic rings. The predicted octanol–water partition coefficient (Wildman–Crippen LogP) is 2.90. The van der Waals surface area contributed by atoms with Gasteiger partial charge in [-0.25, -0.2) is 13.6 Å². The molecule has 0 radical (unpaired) electrons. The zero-order valence-electron chi connectivity index (χ0n) is 18.4. The van der Waals surface area contributed by atoms with Crippen molar-refractivity contribution in [3.63, 3.8) is 0 Å². The topological polar surface area (TPSA) is 130 Å². The summed E-state index contributed by atoms with van der Waals surface area (Å²) in [6, 6.07) is 17.7. The molecule has 0 aliphatic heterocycles. The number of primary sulfonamides is 1. The number of benzene rings is 3. The van der Waals surface area contributed by atoms with Gasteiger partial charge in [0.1, 0.15) is 5.75 Å². The lowest BCUT2D eigenvalue weighted by molar-refractivity contribution is 0.0739. The van der Waals surface area contributed by atoms with Crippen LogP contribution in [0.15, 0.2) is 71.6 Å². The van der Waals surface area contributed by atoms with Crippen LogP contribution in [-0.2, 0) is 10.0 Å². The molecule has 0 saturated carbocycles. The Labute approximate surface area is 192 Å². The number of nitrogens with one attached hydrogen (secondary N) is 1. The normalized spacial score (nSPS) is 12.1. The summed E-state index contributed by atoms with van der Waals surface area (Å²) in [6.45, 7) is 1.83. The van der Waals surface area contributed by atoms with Gasteiger partial charge in [0.2, 0.25) is 10.0 Å². The first-order chi connectivity index (χ1) is 15.5. The Morgan fingerprint density at radius 1 is 1.00 bits per heavy atom. The molecule has 33 heavy (non-hydrogen) atoms. The fraction of sp³-hybridized carbons (Fsp3) is 0.167. The first-order valence-electron chi connectivity index (χ1n) is 10.1. The number of amides is 2. The minimum atomic E-state index is -4.03. The van der Waals surface area contributed by atoms with E-state index < -0.39 is 15.9 Å². The van der Waals surface area contributed by atoms with Crippen LogP contribution in [-0.4, -0.2) is 44.3 Å². The fourth-order valence-electron chi connectivity index (χ4n) is 3.39. The van der Waals surface area contributed by atoms with Crippen LogP contribution in [0.1, 0.15) is 39.2 Å². The maximum absolute atomic E-state index is 13.0. The molecule has 0 spiro atoms. The van der Waals surface area contributed by atoms with E-state index in [0.717, 1.165) is 34.9 Å². The Morgan fingerprint density at radius 3 is 2.27 bits per heavy atom. The Balaban J connectivity index is 1.88. The van der Waals surface area contributed by atoms with Crippen LogP contribution in [0, 0.1) is 0 Å². The number of hydrogen-bond acceptors (Lipinski definition) is 5. The Kier molecular flexibility index (Phi) is 6.85. The van der Waals surface area contributed by atoms with Crippen molar-refractivity contribution in [2.45, 2.75) is 17.9 Å². The van der Waals surface area contributed by atoms with Gasteiger partial charge in [0.05, 0.1) is 16.5 Å². The van der Waals surface area contributed by atoms with Crippen molar-refractivity contribution in [2.75, 3.05) is 14.1 Å². The smallest absolute Gasteiger partial charge is 0.257 e. The van der Waals surface area contributed by atoms with Gasteiger partial charge in [-0.2, -0.15) is 0 Å². The minimum Gasteiger partial charge on any atom is -0.507 e. The summed E-state index contributed by atoms with van der Waals surface area (Å²) in [5.74, 6) is -1.05. The summed E-state index contributed by atoms with van der Waals surface area (Å²) >= 11 is 0. The number of carbonyl (C=O) groups excluding carboxylic acids is 2. The molecule has 172 valence electrons. The van der Waals surface area contributed by atoms with Crippen LogP contribution in [0.2, 0.25) is 0 Å². The number of nitrogens with two attached hydrogens (primary N) is 1. The van der Waals surface area contributed by atoms with E-state index in [1.165, 1.54) is 4.90 Å². The first-order valence-corrected chi connectivity index (χ1v) is 11.6. The van der Waals surface area contributed by atoms with E-state index in [2.05, 4.69) is 5.32 Å². The van der Waals surface area contributed by atoms with Crippen LogP contribution in [0.5, 0.6) is 5.75 Å². The van der Waals surface area contributed by atoms with Crippen LogP contribution < -0.4 is 10.5 Å². The maximum Gasteiger partial charge on any atom is 0.257 e. The monoisotopic (exact) mass is 467 g/mol. The summed E-state index contributed by atoms with van der Waals surface area (Å²) < 4.78 is 23.3.